The maximum absolute atomic E-state index is 12.7. The van der Waals surface area contributed by atoms with Crippen molar-refractivity contribution in [3.8, 4) is 11.5 Å². The molecule has 3 N–H and O–H groups in total. The van der Waals surface area contributed by atoms with Gasteiger partial charge in [0, 0.05) is 47.2 Å². The first kappa shape index (κ1) is 17.5. The van der Waals surface area contributed by atoms with Crippen molar-refractivity contribution in [2.75, 3.05) is 13.1 Å². The van der Waals surface area contributed by atoms with E-state index in [0.717, 1.165) is 12.8 Å². The number of phenols is 2. The molecule has 1 aliphatic rings. The van der Waals surface area contributed by atoms with Gasteiger partial charge in [-0.15, -0.1) is 0 Å². The molecule has 1 saturated heterocycles. The zero-order chi connectivity index (χ0) is 19.1. The van der Waals surface area contributed by atoms with Crippen LogP contribution in [0.5, 0.6) is 11.5 Å². The topological polar surface area (TPSA) is 76.6 Å². The van der Waals surface area contributed by atoms with Crippen molar-refractivity contribution in [2.24, 2.45) is 0 Å². The Morgan fingerprint density at radius 3 is 2.37 bits per heavy atom. The molecule has 5 heteroatoms. The molecule has 0 saturated carbocycles. The molecule has 0 radical (unpaired) electrons. The van der Waals surface area contributed by atoms with E-state index in [9.17, 15) is 15.0 Å². The number of carbonyl (C=O) groups excluding carboxylic acids is 1. The highest BCUT2D eigenvalue weighted by Crippen LogP contribution is 2.34. The number of aromatic nitrogens is 1. The third-order valence-corrected chi connectivity index (χ3v) is 5.59. The molecule has 4 rings (SSSR count). The van der Waals surface area contributed by atoms with Crippen LogP contribution in [0.4, 0.5) is 0 Å². The predicted molar refractivity (Wildman–Crippen MR) is 105 cm³/mol. The van der Waals surface area contributed by atoms with Crippen LogP contribution in [0.2, 0.25) is 0 Å². The fraction of sp³-hybridized carbons (Fsp3) is 0.318. The summed E-state index contributed by atoms with van der Waals surface area (Å²) in [6.07, 6.45) is 1.78. The average molecular weight is 364 g/mol. The summed E-state index contributed by atoms with van der Waals surface area (Å²) in [6.45, 7) is 5.59. The molecule has 5 nitrogen and oxygen atoms in total. The fourth-order valence-electron chi connectivity index (χ4n) is 4.14. The van der Waals surface area contributed by atoms with E-state index >= 15 is 0 Å². The van der Waals surface area contributed by atoms with Gasteiger partial charge in [-0.3, -0.25) is 4.79 Å². The molecule has 1 fully saturated rings. The number of aromatic hydroxyl groups is 2. The second kappa shape index (κ2) is 6.65. The van der Waals surface area contributed by atoms with Crippen molar-refractivity contribution in [3.05, 3.63) is 58.8 Å². The Morgan fingerprint density at radius 2 is 1.70 bits per heavy atom. The quantitative estimate of drug-likeness (QED) is 0.637. The molecule has 2 heterocycles. The maximum Gasteiger partial charge on any atom is 0.254 e. The van der Waals surface area contributed by atoms with E-state index in [4.69, 9.17) is 0 Å². The molecule has 1 aliphatic heterocycles. The monoisotopic (exact) mass is 364 g/mol. The first-order valence-corrected chi connectivity index (χ1v) is 9.33. The van der Waals surface area contributed by atoms with Crippen LogP contribution in [0.1, 0.15) is 45.9 Å². The molecule has 1 amide bonds. The van der Waals surface area contributed by atoms with Gasteiger partial charge in [-0.2, -0.15) is 0 Å². The highest BCUT2D eigenvalue weighted by Gasteiger charge is 2.27. The summed E-state index contributed by atoms with van der Waals surface area (Å²) in [5, 5.41) is 20.5. The number of hydrogen-bond donors (Lipinski definition) is 3. The van der Waals surface area contributed by atoms with E-state index in [1.165, 1.54) is 45.9 Å². The van der Waals surface area contributed by atoms with Crippen LogP contribution in [-0.2, 0) is 0 Å². The van der Waals surface area contributed by atoms with Crippen LogP contribution in [0, 0.1) is 13.8 Å². The average Bonchev–Trinajstić information content (AvgIpc) is 2.97. The fourth-order valence-corrected chi connectivity index (χ4v) is 4.14. The van der Waals surface area contributed by atoms with Crippen LogP contribution >= 0.6 is 0 Å². The highest BCUT2D eigenvalue weighted by molar-refractivity contribution is 5.95. The van der Waals surface area contributed by atoms with Crippen LogP contribution in [0.3, 0.4) is 0 Å². The summed E-state index contributed by atoms with van der Waals surface area (Å²) in [6, 6.07) is 10.5. The highest BCUT2D eigenvalue weighted by atomic mass is 16.3. The number of aryl methyl sites for hydroxylation is 2. The number of nitrogens with one attached hydrogen (secondary N) is 1. The zero-order valence-corrected chi connectivity index (χ0v) is 15.6. The molecule has 140 valence electrons. The molecule has 3 aromatic rings. The number of benzene rings is 2. The summed E-state index contributed by atoms with van der Waals surface area (Å²) in [7, 11) is 0. The van der Waals surface area contributed by atoms with Crippen LogP contribution in [-0.4, -0.2) is 39.1 Å². The molecular weight excluding hydrogens is 340 g/mol. The lowest BCUT2D eigenvalue weighted by Gasteiger charge is -2.32. The van der Waals surface area contributed by atoms with E-state index in [1.54, 1.807) is 4.90 Å². The Labute approximate surface area is 158 Å². The minimum Gasteiger partial charge on any atom is -0.508 e. The Hall–Kier alpha value is -2.95. The lowest BCUT2D eigenvalue weighted by molar-refractivity contribution is 0.0711. The van der Waals surface area contributed by atoms with Crippen molar-refractivity contribution in [3.63, 3.8) is 0 Å². The van der Waals surface area contributed by atoms with Crippen molar-refractivity contribution >= 4 is 16.8 Å². The molecule has 0 unspecified atom stereocenters. The van der Waals surface area contributed by atoms with E-state index in [1.807, 2.05) is 0 Å². The van der Waals surface area contributed by atoms with Crippen LogP contribution in [0.25, 0.3) is 10.9 Å². The van der Waals surface area contributed by atoms with Gasteiger partial charge in [0.2, 0.25) is 0 Å². The van der Waals surface area contributed by atoms with Crippen LogP contribution in [0.15, 0.2) is 36.4 Å². The molecule has 0 aliphatic carbocycles. The van der Waals surface area contributed by atoms with Gasteiger partial charge in [-0.05, 0) is 56.5 Å². The number of rotatable bonds is 2. The van der Waals surface area contributed by atoms with Gasteiger partial charge in [-0.25, -0.2) is 0 Å². The predicted octanol–water partition coefficient (Wildman–Crippen LogP) is 4.22. The molecular formula is C22H24N2O3. The standard InChI is InChI=1S/C22H24N2O3/c1-13-3-4-20-19(9-13)14(2)21(23-20)15-5-7-24(8-6-15)22(27)16-10-17(25)12-18(26)11-16/h3-4,9-12,15,23,25-26H,5-8H2,1-2H3. The Bertz CT molecular complexity index is 994. The molecule has 27 heavy (non-hydrogen) atoms. The number of fused-ring (bicyclic) bond motifs is 1. The van der Waals surface area contributed by atoms with E-state index in [-0.39, 0.29) is 17.4 Å². The number of piperidine rings is 1. The Kier molecular flexibility index (Phi) is 4.30. The summed E-state index contributed by atoms with van der Waals surface area (Å²) >= 11 is 0. The van der Waals surface area contributed by atoms with Gasteiger partial charge >= 0.3 is 0 Å². The Balaban J connectivity index is 1.50. The molecule has 0 bridgehead atoms. The summed E-state index contributed by atoms with van der Waals surface area (Å²) < 4.78 is 0. The number of hydrogen-bond acceptors (Lipinski definition) is 3. The van der Waals surface area contributed by atoms with Gasteiger partial charge in [-0.1, -0.05) is 11.6 Å². The van der Waals surface area contributed by atoms with Crippen molar-refractivity contribution in [1.82, 2.24) is 9.88 Å². The summed E-state index contributed by atoms with van der Waals surface area (Å²) in [5.74, 6) is 0.0532. The lowest BCUT2D eigenvalue weighted by Crippen LogP contribution is -2.38. The minimum atomic E-state index is -0.149. The van der Waals surface area contributed by atoms with Crippen molar-refractivity contribution < 1.29 is 15.0 Å². The van der Waals surface area contributed by atoms with Gasteiger partial charge in [0.05, 0.1) is 0 Å². The number of likely N-dealkylation sites (tertiary alicyclic amines) is 1. The van der Waals surface area contributed by atoms with E-state index in [0.29, 0.717) is 24.6 Å². The van der Waals surface area contributed by atoms with Gasteiger partial charge in [0.15, 0.2) is 0 Å². The van der Waals surface area contributed by atoms with Crippen molar-refractivity contribution in [1.29, 1.82) is 0 Å². The first-order valence-electron chi connectivity index (χ1n) is 9.33. The second-order valence-electron chi connectivity index (χ2n) is 7.52. The minimum absolute atomic E-state index is 0.0998. The molecule has 1 aromatic heterocycles. The number of carbonyl (C=O) groups is 1. The largest absolute Gasteiger partial charge is 0.508 e. The number of aromatic amines is 1. The molecule has 0 spiro atoms. The third-order valence-electron chi connectivity index (χ3n) is 5.59. The zero-order valence-electron chi connectivity index (χ0n) is 15.6. The summed E-state index contributed by atoms with van der Waals surface area (Å²) in [4.78, 5) is 18.1. The van der Waals surface area contributed by atoms with Gasteiger partial charge < -0.3 is 20.1 Å². The van der Waals surface area contributed by atoms with Crippen LogP contribution < -0.4 is 0 Å². The molecule has 2 aromatic carbocycles. The number of amides is 1. The van der Waals surface area contributed by atoms with Gasteiger partial charge in [0.1, 0.15) is 11.5 Å². The SMILES string of the molecule is Cc1ccc2[nH]c(C3CCN(C(=O)c4cc(O)cc(O)c4)CC3)c(C)c2c1. The third kappa shape index (κ3) is 3.25. The molecule has 0 atom stereocenters. The number of H-pyrrole nitrogens is 1. The normalized spacial score (nSPS) is 15.4. The smallest absolute Gasteiger partial charge is 0.254 e. The first-order chi connectivity index (χ1) is 12.9. The maximum atomic E-state index is 12.7. The van der Waals surface area contributed by atoms with Crippen molar-refractivity contribution in [2.45, 2.75) is 32.6 Å². The lowest BCUT2D eigenvalue weighted by atomic mass is 9.91. The summed E-state index contributed by atoms with van der Waals surface area (Å²) in [5.41, 5.74) is 5.32. The van der Waals surface area contributed by atoms with Gasteiger partial charge in [0.25, 0.3) is 5.91 Å². The van der Waals surface area contributed by atoms with E-state index < -0.39 is 0 Å². The number of nitrogens with zero attached hydrogens (tertiary/aromatic N) is 1. The number of phenolic OH excluding ortho intramolecular Hbond substituents is 2. The van der Waals surface area contributed by atoms with E-state index in [2.05, 4.69) is 37.0 Å². The Morgan fingerprint density at radius 1 is 1.04 bits per heavy atom. The second-order valence-corrected chi connectivity index (χ2v) is 7.52.